The average Bonchev–Trinajstić information content (AvgIpc) is 3.36. The molecule has 0 saturated carbocycles. The molecule has 0 aliphatic carbocycles. The number of carbonyl (C=O) groups is 2. The van der Waals surface area contributed by atoms with E-state index in [1.807, 2.05) is 4.90 Å². The molecular weight excluding hydrogens is 358 g/mol. The molecule has 2 atom stereocenters. The fraction of sp³-hybridized carbons (Fsp3) is 0.714. The van der Waals surface area contributed by atoms with Crippen molar-refractivity contribution < 1.29 is 9.59 Å². The van der Waals surface area contributed by atoms with Crippen molar-refractivity contribution in [2.45, 2.75) is 64.8 Å². The highest BCUT2D eigenvalue weighted by atomic mass is 32.1. The van der Waals surface area contributed by atoms with Gasteiger partial charge in [0.1, 0.15) is 0 Å². The van der Waals surface area contributed by atoms with E-state index in [0.29, 0.717) is 12.5 Å². The van der Waals surface area contributed by atoms with Crippen LogP contribution in [0.5, 0.6) is 0 Å². The van der Waals surface area contributed by atoms with Crippen LogP contribution in [0.4, 0.5) is 0 Å². The number of aryl methyl sites for hydroxylation is 2. The highest BCUT2D eigenvalue weighted by Crippen LogP contribution is 2.27. The lowest BCUT2D eigenvalue weighted by Gasteiger charge is -2.32. The second-order valence-electron chi connectivity index (χ2n) is 7.82. The summed E-state index contributed by atoms with van der Waals surface area (Å²) >= 11 is 1.68. The standard InChI is InChI=1S/C21H33N3O2S/c1-3-7-18-16(4-2)12-19(27-18)21(26)24-11-6-8-15(14-24)13-23-20(25)17-9-5-10-22-17/h12,15,17,22H,3-11,13-14H2,1-2H3,(H,23,25). The molecule has 2 unspecified atom stereocenters. The van der Waals surface area contributed by atoms with E-state index in [-0.39, 0.29) is 17.9 Å². The molecule has 150 valence electrons. The van der Waals surface area contributed by atoms with Crippen LogP contribution in [-0.2, 0) is 17.6 Å². The van der Waals surface area contributed by atoms with Gasteiger partial charge in [-0.1, -0.05) is 20.3 Å². The van der Waals surface area contributed by atoms with E-state index in [1.165, 1.54) is 10.4 Å². The number of piperidine rings is 1. The van der Waals surface area contributed by atoms with Crippen molar-refractivity contribution in [3.8, 4) is 0 Å². The van der Waals surface area contributed by atoms with Crippen molar-refractivity contribution in [2.24, 2.45) is 5.92 Å². The molecule has 1 aromatic rings. The minimum Gasteiger partial charge on any atom is -0.354 e. The number of hydrogen-bond donors (Lipinski definition) is 2. The number of thiophene rings is 1. The fourth-order valence-electron chi connectivity index (χ4n) is 4.16. The molecule has 0 bridgehead atoms. The van der Waals surface area contributed by atoms with E-state index in [2.05, 4.69) is 30.5 Å². The van der Waals surface area contributed by atoms with Crippen molar-refractivity contribution in [2.75, 3.05) is 26.2 Å². The van der Waals surface area contributed by atoms with Gasteiger partial charge in [-0.15, -0.1) is 11.3 Å². The van der Waals surface area contributed by atoms with E-state index in [0.717, 1.165) is 69.5 Å². The number of nitrogens with zero attached hydrogens (tertiary/aromatic N) is 1. The van der Waals surface area contributed by atoms with Crippen LogP contribution in [-0.4, -0.2) is 48.9 Å². The Labute approximate surface area is 166 Å². The van der Waals surface area contributed by atoms with Crippen molar-refractivity contribution in [3.05, 3.63) is 21.4 Å². The average molecular weight is 392 g/mol. The van der Waals surface area contributed by atoms with Crippen molar-refractivity contribution in [3.63, 3.8) is 0 Å². The van der Waals surface area contributed by atoms with Gasteiger partial charge in [0.2, 0.25) is 5.91 Å². The Morgan fingerprint density at radius 1 is 1.30 bits per heavy atom. The maximum absolute atomic E-state index is 13.0. The Morgan fingerprint density at radius 2 is 2.15 bits per heavy atom. The first kappa shape index (κ1) is 20.3. The van der Waals surface area contributed by atoms with Crippen LogP contribution in [0.25, 0.3) is 0 Å². The summed E-state index contributed by atoms with van der Waals surface area (Å²) in [6.07, 6.45) is 7.26. The van der Waals surface area contributed by atoms with Crippen LogP contribution in [0.3, 0.4) is 0 Å². The summed E-state index contributed by atoms with van der Waals surface area (Å²) in [6.45, 7) is 7.53. The maximum Gasteiger partial charge on any atom is 0.263 e. The molecule has 1 aromatic heterocycles. The highest BCUT2D eigenvalue weighted by molar-refractivity contribution is 7.14. The highest BCUT2D eigenvalue weighted by Gasteiger charge is 2.28. The smallest absolute Gasteiger partial charge is 0.263 e. The lowest BCUT2D eigenvalue weighted by molar-refractivity contribution is -0.123. The molecular formula is C21H33N3O2S. The topological polar surface area (TPSA) is 61.4 Å². The maximum atomic E-state index is 13.0. The van der Waals surface area contributed by atoms with Gasteiger partial charge in [-0.25, -0.2) is 0 Å². The Balaban J connectivity index is 1.55. The SMILES string of the molecule is CCCc1sc(C(=O)N2CCCC(CNC(=O)C3CCCN3)C2)cc1CC. The van der Waals surface area contributed by atoms with Crippen LogP contribution in [0.2, 0.25) is 0 Å². The van der Waals surface area contributed by atoms with Gasteiger partial charge >= 0.3 is 0 Å². The van der Waals surface area contributed by atoms with Crippen LogP contribution in [0.1, 0.15) is 66.1 Å². The lowest BCUT2D eigenvalue weighted by Crippen LogP contribution is -2.46. The quantitative estimate of drug-likeness (QED) is 0.751. The number of nitrogens with one attached hydrogen (secondary N) is 2. The Bertz CT molecular complexity index is 652. The van der Waals surface area contributed by atoms with Gasteiger partial charge < -0.3 is 15.5 Å². The molecule has 2 fully saturated rings. The summed E-state index contributed by atoms with van der Waals surface area (Å²) in [5.74, 6) is 0.644. The molecule has 6 heteroatoms. The zero-order chi connectivity index (χ0) is 19.2. The Kier molecular flexibility index (Phi) is 7.30. The van der Waals surface area contributed by atoms with E-state index < -0.39 is 0 Å². The zero-order valence-corrected chi connectivity index (χ0v) is 17.5. The van der Waals surface area contributed by atoms with E-state index in [1.54, 1.807) is 11.3 Å². The first-order chi connectivity index (χ1) is 13.1. The molecule has 2 saturated heterocycles. The van der Waals surface area contributed by atoms with Crippen molar-refractivity contribution in [1.82, 2.24) is 15.5 Å². The van der Waals surface area contributed by atoms with Crippen LogP contribution in [0, 0.1) is 5.92 Å². The summed E-state index contributed by atoms with van der Waals surface area (Å²) in [5.41, 5.74) is 1.33. The largest absolute Gasteiger partial charge is 0.354 e. The second-order valence-corrected chi connectivity index (χ2v) is 8.95. The molecule has 0 aromatic carbocycles. The third kappa shape index (κ3) is 5.11. The molecule has 2 aliphatic heterocycles. The first-order valence-corrected chi connectivity index (χ1v) is 11.4. The second kappa shape index (κ2) is 9.69. The molecule has 2 aliphatic rings. The Hall–Kier alpha value is -1.40. The summed E-state index contributed by atoms with van der Waals surface area (Å²) in [4.78, 5) is 29.5. The van der Waals surface area contributed by atoms with Gasteiger partial charge in [0.25, 0.3) is 5.91 Å². The number of rotatable bonds is 7. The molecule has 3 heterocycles. The summed E-state index contributed by atoms with van der Waals surface area (Å²) in [5, 5.41) is 6.34. The normalized spacial score (nSPS) is 22.8. The first-order valence-electron chi connectivity index (χ1n) is 10.5. The van der Waals surface area contributed by atoms with Gasteiger partial charge in [-0.3, -0.25) is 9.59 Å². The third-order valence-electron chi connectivity index (χ3n) is 5.71. The van der Waals surface area contributed by atoms with Gasteiger partial charge in [0, 0.05) is 24.5 Å². The van der Waals surface area contributed by atoms with Gasteiger partial charge in [-0.2, -0.15) is 0 Å². The summed E-state index contributed by atoms with van der Waals surface area (Å²) < 4.78 is 0. The summed E-state index contributed by atoms with van der Waals surface area (Å²) in [7, 11) is 0. The number of carbonyl (C=O) groups excluding carboxylic acids is 2. The number of likely N-dealkylation sites (tertiary alicyclic amines) is 1. The number of amides is 2. The van der Waals surface area contributed by atoms with Crippen LogP contribution >= 0.6 is 11.3 Å². The number of hydrogen-bond acceptors (Lipinski definition) is 4. The van der Waals surface area contributed by atoms with E-state index in [9.17, 15) is 9.59 Å². The predicted molar refractivity (Wildman–Crippen MR) is 110 cm³/mol. The predicted octanol–water partition coefficient (Wildman–Crippen LogP) is 2.98. The monoisotopic (exact) mass is 391 g/mol. The van der Waals surface area contributed by atoms with Gasteiger partial charge in [0.15, 0.2) is 0 Å². The fourth-order valence-corrected chi connectivity index (χ4v) is 5.48. The zero-order valence-electron chi connectivity index (χ0n) is 16.7. The summed E-state index contributed by atoms with van der Waals surface area (Å²) in [6, 6.07) is 2.08. The third-order valence-corrected chi connectivity index (χ3v) is 6.94. The molecule has 0 radical (unpaired) electrons. The molecule has 3 rings (SSSR count). The lowest BCUT2D eigenvalue weighted by atomic mass is 9.97. The van der Waals surface area contributed by atoms with Gasteiger partial charge in [0.05, 0.1) is 10.9 Å². The minimum absolute atomic E-state index is 0.0260. The van der Waals surface area contributed by atoms with Crippen LogP contribution in [0.15, 0.2) is 6.07 Å². The Morgan fingerprint density at radius 3 is 2.85 bits per heavy atom. The van der Waals surface area contributed by atoms with Crippen LogP contribution < -0.4 is 10.6 Å². The minimum atomic E-state index is -0.0260. The molecule has 2 amide bonds. The molecule has 5 nitrogen and oxygen atoms in total. The van der Waals surface area contributed by atoms with Crippen molar-refractivity contribution in [1.29, 1.82) is 0 Å². The van der Waals surface area contributed by atoms with E-state index in [4.69, 9.17) is 0 Å². The van der Waals surface area contributed by atoms with Gasteiger partial charge in [-0.05, 0) is 62.6 Å². The molecule has 27 heavy (non-hydrogen) atoms. The van der Waals surface area contributed by atoms with E-state index >= 15 is 0 Å². The molecule has 0 spiro atoms. The van der Waals surface area contributed by atoms with Crippen molar-refractivity contribution >= 4 is 23.2 Å². The molecule has 2 N–H and O–H groups in total.